The van der Waals surface area contributed by atoms with E-state index in [1.807, 2.05) is 0 Å². The maximum Gasteiger partial charge on any atom is 0.357 e. The normalized spacial score (nSPS) is 25.7. The molecular weight excluding hydrogens is 784 g/mol. The molecule has 0 aromatic heterocycles. The number of carboxylic acids is 1. The first-order valence-corrected chi connectivity index (χ1v) is 17.3. The number of Topliss-reactive ketones (excluding diaryl/α,β-unsaturated/α-hetero) is 1. The summed E-state index contributed by atoms with van der Waals surface area (Å²) >= 11 is 0. The van der Waals surface area contributed by atoms with E-state index in [1.54, 1.807) is 0 Å². The lowest BCUT2D eigenvalue weighted by atomic mass is 9.79. The van der Waals surface area contributed by atoms with Crippen LogP contribution in [0.3, 0.4) is 0 Å². The van der Waals surface area contributed by atoms with Crippen LogP contribution in [0, 0.1) is 0 Å². The van der Waals surface area contributed by atoms with Crippen molar-refractivity contribution in [3.05, 3.63) is 101 Å². The fourth-order valence-electron chi connectivity index (χ4n) is 6.83. The molecule has 10 N–H and O–H groups in total. The van der Waals surface area contributed by atoms with Gasteiger partial charge in [-0.15, -0.1) is 0 Å². The molecule has 3 aliphatic rings. The minimum atomic E-state index is -3.11. The number of phenolic OH excluding ortho intramolecular Hbond substituents is 6. The molecule has 6 atom stereocenters. The number of rotatable bonds is 8. The molecule has 0 saturated heterocycles. The summed E-state index contributed by atoms with van der Waals surface area (Å²) in [6.45, 7) is 0. The van der Waals surface area contributed by atoms with Crippen LogP contribution in [0.1, 0.15) is 39.9 Å². The van der Waals surface area contributed by atoms with E-state index >= 15 is 0 Å². The number of esters is 2. The van der Waals surface area contributed by atoms with Crippen molar-refractivity contribution in [3.63, 3.8) is 0 Å². The lowest BCUT2D eigenvalue weighted by Crippen LogP contribution is -2.70. The van der Waals surface area contributed by atoms with E-state index in [4.69, 9.17) is 23.7 Å². The Balaban J connectivity index is 1.12. The Bertz CT molecular complexity index is 2480. The van der Waals surface area contributed by atoms with E-state index in [-0.39, 0.29) is 28.2 Å². The molecule has 4 aromatic carbocycles. The van der Waals surface area contributed by atoms with Gasteiger partial charge in [-0.05, 0) is 65.7 Å². The van der Waals surface area contributed by atoms with Crippen LogP contribution in [-0.4, -0.2) is 104 Å². The number of aromatic hydroxyl groups is 6. The minimum Gasteiger partial charge on any atom is -0.508 e. The molecule has 7 rings (SSSR count). The van der Waals surface area contributed by atoms with Crippen molar-refractivity contribution < 1.29 is 93.9 Å². The number of carboxylic acid groups (broad SMARTS) is 1. The molecule has 0 bridgehead atoms. The predicted molar refractivity (Wildman–Crippen MR) is 194 cm³/mol. The Kier molecular flexibility index (Phi) is 9.75. The van der Waals surface area contributed by atoms with Crippen LogP contribution >= 0.6 is 0 Å². The maximum absolute atomic E-state index is 13.9. The Hall–Kier alpha value is -7.48. The maximum atomic E-state index is 13.9. The molecule has 306 valence electrons. The first-order chi connectivity index (χ1) is 27.8. The quantitative estimate of drug-likeness (QED) is 0.0691. The number of benzene rings is 4. The lowest BCUT2D eigenvalue weighted by Gasteiger charge is -2.50. The van der Waals surface area contributed by atoms with Crippen molar-refractivity contribution in [2.24, 2.45) is 0 Å². The number of carbonyl (C=O) groups is 4. The summed E-state index contributed by atoms with van der Waals surface area (Å²) in [5.74, 6) is -15.6. The number of phenols is 6. The van der Waals surface area contributed by atoms with Gasteiger partial charge in [0, 0.05) is 42.7 Å². The number of carbonyl (C=O) groups excluding carboxylic acids is 3. The zero-order valence-electron chi connectivity index (χ0n) is 30.0. The summed E-state index contributed by atoms with van der Waals surface area (Å²) in [5.41, 5.74) is -2.91. The molecular formula is C40H32O19. The average Bonchev–Trinajstić information content (AvgIpc) is 3.17. The highest BCUT2D eigenvalue weighted by Crippen LogP contribution is 2.55. The van der Waals surface area contributed by atoms with Gasteiger partial charge in [-0.25, -0.2) is 14.4 Å². The zero-order valence-corrected chi connectivity index (χ0v) is 30.0. The second-order valence-electron chi connectivity index (χ2n) is 13.7. The Morgan fingerprint density at radius 1 is 0.678 bits per heavy atom. The number of ether oxygens (including phenoxy) is 5. The fourth-order valence-corrected chi connectivity index (χ4v) is 6.83. The highest BCUT2D eigenvalue weighted by Gasteiger charge is 2.71. The third-order valence-electron chi connectivity index (χ3n) is 9.76. The van der Waals surface area contributed by atoms with Crippen LogP contribution < -0.4 is 14.2 Å². The topological polar surface area (TPSA) is 317 Å². The number of ketones is 1. The van der Waals surface area contributed by atoms with Gasteiger partial charge in [-0.3, -0.25) is 4.79 Å². The molecule has 19 heteroatoms. The number of fused-ring (bicyclic) bond motifs is 3. The standard InChI is InChI=1S/C40H32O19/c41-21-14-26(46)34-30(15-21)58-40(20-5-7-23(43)25(45)13-20)39(54,36(34)51)56-28-8-2-19(12-29(28)57-40)3-9-32(48)55-31-17-38(37(52)53,16-27(47)35(31)50)59-33(49)10-4-18-1-6-22(42)24(44)11-18/h1-15,27,31,35,41-47,50,54H,16-17H2,(H,52,53)/b9-3+,10-4+/t27-,31-,35+,38-,39?,40?/m1/s1. The van der Waals surface area contributed by atoms with Crippen molar-refractivity contribution >= 4 is 35.8 Å². The molecule has 19 nitrogen and oxygen atoms in total. The van der Waals surface area contributed by atoms with Crippen molar-refractivity contribution in [1.82, 2.24) is 0 Å². The van der Waals surface area contributed by atoms with E-state index < -0.39 is 118 Å². The smallest absolute Gasteiger partial charge is 0.357 e. The van der Waals surface area contributed by atoms with E-state index in [0.717, 1.165) is 60.7 Å². The van der Waals surface area contributed by atoms with Crippen molar-refractivity contribution in [2.75, 3.05) is 0 Å². The van der Waals surface area contributed by atoms with Gasteiger partial charge in [-0.1, -0.05) is 12.1 Å². The summed E-state index contributed by atoms with van der Waals surface area (Å²) < 4.78 is 28.4. The lowest BCUT2D eigenvalue weighted by molar-refractivity contribution is -0.316. The third-order valence-corrected chi connectivity index (χ3v) is 9.76. The molecule has 0 radical (unpaired) electrons. The molecule has 2 heterocycles. The molecule has 1 aliphatic carbocycles. The Labute approximate surface area is 330 Å². The van der Waals surface area contributed by atoms with E-state index in [1.165, 1.54) is 30.3 Å². The van der Waals surface area contributed by atoms with Crippen LogP contribution in [0.4, 0.5) is 0 Å². The average molecular weight is 817 g/mol. The number of hydrogen-bond acceptors (Lipinski definition) is 18. The van der Waals surface area contributed by atoms with Gasteiger partial charge in [0.25, 0.3) is 5.78 Å². The monoisotopic (exact) mass is 816 g/mol. The highest BCUT2D eigenvalue weighted by molar-refractivity contribution is 6.08. The van der Waals surface area contributed by atoms with Crippen molar-refractivity contribution in [3.8, 4) is 51.7 Å². The van der Waals surface area contributed by atoms with Gasteiger partial charge in [0.15, 0.2) is 34.5 Å². The van der Waals surface area contributed by atoms with Gasteiger partial charge < -0.3 is 74.7 Å². The molecule has 1 fully saturated rings. The summed E-state index contributed by atoms with van der Waals surface area (Å²) in [5, 5.41) is 103. The molecule has 2 aliphatic heterocycles. The summed E-state index contributed by atoms with van der Waals surface area (Å²) in [6.07, 6.45) is -2.88. The summed E-state index contributed by atoms with van der Waals surface area (Å²) in [7, 11) is 0. The SMILES string of the molecule is O=C(/C=C/c1ccc2c(c1)OC1(c3ccc(O)c(O)c3)Oc3cc(O)cc(O)c3C(=O)C1(O)O2)O[C@@H]1C[C@@](OC(=O)/C=C/c2ccc(O)c(O)c2)(C(=O)O)C[C@@H](O)[C@@H]1O. The number of aliphatic carboxylic acids is 1. The van der Waals surface area contributed by atoms with Crippen LogP contribution in [0.25, 0.3) is 12.2 Å². The first-order valence-electron chi connectivity index (χ1n) is 17.3. The molecule has 0 spiro atoms. The van der Waals surface area contributed by atoms with Gasteiger partial charge >= 0.3 is 29.5 Å². The Morgan fingerprint density at radius 2 is 1.31 bits per heavy atom. The van der Waals surface area contributed by atoms with E-state index in [2.05, 4.69) is 0 Å². The minimum absolute atomic E-state index is 0.169. The number of hydrogen-bond donors (Lipinski definition) is 10. The Morgan fingerprint density at radius 3 is 1.98 bits per heavy atom. The van der Waals surface area contributed by atoms with Crippen LogP contribution in [0.2, 0.25) is 0 Å². The largest absolute Gasteiger partial charge is 0.508 e. The van der Waals surface area contributed by atoms with Crippen LogP contribution in [0.15, 0.2) is 78.9 Å². The van der Waals surface area contributed by atoms with Gasteiger partial charge in [0.05, 0.1) is 6.10 Å². The summed E-state index contributed by atoms with van der Waals surface area (Å²) in [6, 6.07) is 12.3. The van der Waals surface area contributed by atoms with Crippen LogP contribution in [0.5, 0.6) is 51.7 Å². The molecule has 1 saturated carbocycles. The van der Waals surface area contributed by atoms with Crippen LogP contribution in [-0.2, 0) is 29.6 Å². The predicted octanol–water partition coefficient (Wildman–Crippen LogP) is 2.03. The summed E-state index contributed by atoms with van der Waals surface area (Å²) in [4.78, 5) is 52.0. The van der Waals surface area contributed by atoms with Gasteiger partial charge in [-0.2, -0.15) is 0 Å². The van der Waals surface area contributed by atoms with E-state index in [9.17, 15) is 70.2 Å². The molecule has 0 amide bonds. The number of aliphatic hydroxyl groups excluding tert-OH is 2. The van der Waals surface area contributed by atoms with Gasteiger partial charge in [0.2, 0.25) is 5.60 Å². The second kappa shape index (κ2) is 14.5. The second-order valence-corrected chi connectivity index (χ2v) is 13.7. The van der Waals surface area contributed by atoms with Crippen molar-refractivity contribution in [2.45, 2.75) is 48.3 Å². The molecule has 59 heavy (non-hydrogen) atoms. The van der Waals surface area contributed by atoms with Crippen molar-refractivity contribution in [1.29, 1.82) is 0 Å². The molecule has 4 aromatic rings. The first kappa shape index (κ1) is 39.7. The highest BCUT2D eigenvalue weighted by atomic mass is 16.8. The fraction of sp³-hybridized carbons (Fsp3) is 0.200. The number of aliphatic hydroxyl groups is 3. The van der Waals surface area contributed by atoms with Gasteiger partial charge in [0.1, 0.15) is 35.0 Å². The third kappa shape index (κ3) is 6.98. The zero-order chi connectivity index (χ0) is 42.6. The molecule has 2 unspecified atom stereocenters. The van der Waals surface area contributed by atoms with E-state index in [0.29, 0.717) is 0 Å².